The Balaban J connectivity index is 2.09. The highest BCUT2D eigenvalue weighted by Crippen LogP contribution is 2.20. The average molecular weight is 154 g/mol. The lowest BCUT2D eigenvalue weighted by molar-refractivity contribution is 0.0428. The summed E-state index contributed by atoms with van der Waals surface area (Å²) in [5.41, 5.74) is 1.13. The maximum atomic E-state index is 5.64. The normalized spacial score (nSPS) is 20.1. The summed E-state index contributed by atoms with van der Waals surface area (Å²) in [5.74, 6) is 0. The number of ether oxygens (including phenoxy) is 1. The number of rotatable bonds is 3. The van der Waals surface area contributed by atoms with Crippen LogP contribution in [0.15, 0.2) is 12.2 Å². The van der Waals surface area contributed by atoms with E-state index < -0.39 is 0 Å². The van der Waals surface area contributed by atoms with E-state index in [2.05, 4.69) is 6.58 Å². The maximum absolute atomic E-state index is 5.64. The van der Waals surface area contributed by atoms with E-state index in [0.717, 1.165) is 12.2 Å². The summed E-state index contributed by atoms with van der Waals surface area (Å²) in [7, 11) is 0. The van der Waals surface area contributed by atoms with Gasteiger partial charge in [-0.15, -0.1) is 0 Å². The first kappa shape index (κ1) is 8.79. The Labute approximate surface area is 69.4 Å². The zero-order valence-electron chi connectivity index (χ0n) is 7.44. The van der Waals surface area contributed by atoms with E-state index in [1.165, 1.54) is 32.1 Å². The molecule has 0 aromatic rings. The molecule has 0 aromatic carbocycles. The van der Waals surface area contributed by atoms with Gasteiger partial charge in [-0.1, -0.05) is 31.4 Å². The standard InChI is InChI=1S/C10H18O/c1-9(2)8-11-10-6-4-3-5-7-10/h10H,1,3-8H2,2H3. The lowest BCUT2D eigenvalue weighted by Gasteiger charge is -2.21. The summed E-state index contributed by atoms with van der Waals surface area (Å²) in [5, 5.41) is 0. The molecule has 1 nitrogen and oxygen atoms in total. The lowest BCUT2D eigenvalue weighted by Crippen LogP contribution is -2.17. The molecule has 64 valence electrons. The molecule has 0 aromatic heterocycles. The highest BCUT2D eigenvalue weighted by molar-refractivity contribution is 4.88. The van der Waals surface area contributed by atoms with Gasteiger partial charge in [-0.3, -0.25) is 0 Å². The quantitative estimate of drug-likeness (QED) is 0.568. The predicted octanol–water partition coefficient (Wildman–Crippen LogP) is 2.91. The van der Waals surface area contributed by atoms with Crippen LogP contribution in [-0.2, 0) is 4.74 Å². The molecule has 1 aliphatic rings. The molecule has 0 aliphatic heterocycles. The maximum Gasteiger partial charge on any atom is 0.0675 e. The molecule has 0 amide bonds. The minimum Gasteiger partial charge on any atom is -0.374 e. The Morgan fingerprint density at radius 3 is 2.55 bits per heavy atom. The van der Waals surface area contributed by atoms with Crippen LogP contribution in [0.4, 0.5) is 0 Å². The summed E-state index contributed by atoms with van der Waals surface area (Å²) in [4.78, 5) is 0. The molecular weight excluding hydrogens is 136 g/mol. The molecule has 0 saturated heterocycles. The third-order valence-electron chi connectivity index (χ3n) is 2.12. The summed E-state index contributed by atoms with van der Waals surface area (Å²) in [6, 6.07) is 0. The van der Waals surface area contributed by atoms with Gasteiger partial charge in [-0.2, -0.15) is 0 Å². The first-order valence-electron chi connectivity index (χ1n) is 4.55. The van der Waals surface area contributed by atoms with Crippen LogP contribution in [-0.4, -0.2) is 12.7 Å². The van der Waals surface area contributed by atoms with Crippen LogP contribution in [0.5, 0.6) is 0 Å². The molecule has 0 heterocycles. The van der Waals surface area contributed by atoms with Gasteiger partial charge in [0, 0.05) is 0 Å². The molecule has 1 fully saturated rings. The third-order valence-corrected chi connectivity index (χ3v) is 2.12. The van der Waals surface area contributed by atoms with Gasteiger partial charge in [0.25, 0.3) is 0 Å². The van der Waals surface area contributed by atoms with Crippen molar-refractivity contribution in [3.63, 3.8) is 0 Å². The van der Waals surface area contributed by atoms with Crippen LogP contribution >= 0.6 is 0 Å². The van der Waals surface area contributed by atoms with Gasteiger partial charge in [-0.25, -0.2) is 0 Å². The van der Waals surface area contributed by atoms with Crippen molar-refractivity contribution in [1.29, 1.82) is 0 Å². The fraction of sp³-hybridized carbons (Fsp3) is 0.800. The van der Waals surface area contributed by atoms with Crippen molar-refractivity contribution < 1.29 is 4.74 Å². The molecule has 1 heteroatoms. The van der Waals surface area contributed by atoms with Crippen molar-refractivity contribution in [3.05, 3.63) is 12.2 Å². The highest BCUT2D eigenvalue weighted by atomic mass is 16.5. The van der Waals surface area contributed by atoms with Crippen LogP contribution in [0, 0.1) is 0 Å². The van der Waals surface area contributed by atoms with E-state index in [9.17, 15) is 0 Å². The van der Waals surface area contributed by atoms with E-state index in [4.69, 9.17) is 4.74 Å². The third kappa shape index (κ3) is 3.57. The molecule has 11 heavy (non-hydrogen) atoms. The van der Waals surface area contributed by atoms with E-state index >= 15 is 0 Å². The molecule has 0 spiro atoms. The Morgan fingerprint density at radius 2 is 2.00 bits per heavy atom. The van der Waals surface area contributed by atoms with Crippen LogP contribution in [0.1, 0.15) is 39.0 Å². The zero-order chi connectivity index (χ0) is 8.10. The SMILES string of the molecule is C=C(C)COC1CCCCC1. The van der Waals surface area contributed by atoms with Crippen LogP contribution in [0.3, 0.4) is 0 Å². The van der Waals surface area contributed by atoms with Crippen molar-refractivity contribution >= 4 is 0 Å². The molecule has 0 atom stereocenters. The van der Waals surface area contributed by atoms with Gasteiger partial charge in [0.15, 0.2) is 0 Å². The lowest BCUT2D eigenvalue weighted by atomic mass is 9.98. The van der Waals surface area contributed by atoms with Crippen molar-refractivity contribution in [2.45, 2.75) is 45.1 Å². The molecule has 1 rings (SSSR count). The minimum absolute atomic E-state index is 0.528. The van der Waals surface area contributed by atoms with Gasteiger partial charge >= 0.3 is 0 Å². The van der Waals surface area contributed by atoms with Crippen molar-refractivity contribution in [2.75, 3.05) is 6.61 Å². The topological polar surface area (TPSA) is 9.23 Å². The summed E-state index contributed by atoms with van der Waals surface area (Å²) in [6.07, 6.45) is 7.13. The van der Waals surface area contributed by atoms with Crippen LogP contribution in [0.25, 0.3) is 0 Å². The molecular formula is C10H18O. The smallest absolute Gasteiger partial charge is 0.0675 e. The molecule has 0 bridgehead atoms. The van der Waals surface area contributed by atoms with Gasteiger partial charge in [0.1, 0.15) is 0 Å². The molecule has 0 unspecified atom stereocenters. The Hall–Kier alpha value is -0.300. The van der Waals surface area contributed by atoms with Crippen molar-refractivity contribution in [3.8, 4) is 0 Å². The Morgan fingerprint density at radius 1 is 1.36 bits per heavy atom. The first-order chi connectivity index (χ1) is 5.29. The average Bonchev–Trinajstić information content (AvgIpc) is 2.03. The molecule has 0 N–H and O–H groups in total. The van der Waals surface area contributed by atoms with Crippen molar-refractivity contribution in [1.82, 2.24) is 0 Å². The van der Waals surface area contributed by atoms with Gasteiger partial charge in [0.05, 0.1) is 12.7 Å². The number of hydrogen-bond acceptors (Lipinski definition) is 1. The van der Waals surface area contributed by atoms with Crippen LogP contribution < -0.4 is 0 Å². The summed E-state index contributed by atoms with van der Waals surface area (Å²) < 4.78 is 5.64. The van der Waals surface area contributed by atoms with E-state index in [1.54, 1.807) is 0 Å². The fourth-order valence-electron chi connectivity index (χ4n) is 1.49. The second kappa shape index (κ2) is 4.55. The van der Waals surface area contributed by atoms with Crippen molar-refractivity contribution in [2.24, 2.45) is 0 Å². The zero-order valence-corrected chi connectivity index (χ0v) is 7.44. The monoisotopic (exact) mass is 154 g/mol. The van der Waals surface area contributed by atoms with Gasteiger partial charge in [0.2, 0.25) is 0 Å². The molecule has 1 saturated carbocycles. The van der Waals surface area contributed by atoms with Gasteiger partial charge < -0.3 is 4.74 Å². The van der Waals surface area contributed by atoms with E-state index in [0.29, 0.717) is 6.10 Å². The second-order valence-corrected chi connectivity index (χ2v) is 3.53. The van der Waals surface area contributed by atoms with E-state index in [-0.39, 0.29) is 0 Å². The minimum atomic E-state index is 0.528. The largest absolute Gasteiger partial charge is 0.374 e. The van der Waals surface area contributed by atoms with Gasteiger partial charge in [-0.05, 0) is 19.8 Å². The Bertz CT molecular complexity index is 123. The van der Waals surface area contributed by atoms with E-state index in [1.807, 2.05) is 6.92 Å². The first-order valence-corrected chi connectivity index (χ1v) is 4.55. The summed E-state index contributed by atoms with van der Waals surface area (Å²) in [6.45, 7) is 6.59. The predicted molar refractivity (Wildman–Crippen MR) is 47.6 cm³/mol. The fourth-order valence-corrected chi connectivity index (χ4v) is 1.49. The molecule has 0 radical (unpaired) electrons. The highest BCUT2D eigenvalue weighted by Gasteiger charge is 2.12. The van der Waals surface area contributed by atoms with Crippen LogP contribution in [0.2, 0.25) is 0 Å². The number of hydrogen-bond donors (Lipinski definition) is 0. The summed E-state index contributed by atoms with van der Waals surface area (Å²) >= 11 is 0. The molecule has 1 aliphatic carbocycles. The Kier molecular flexibility index (Phi) is 3.64. The second-order valence-electron chi connectivity index (χ2n) is 3.53.